The molecule has 2 aromatic heterocycles. The van der Waals surface area contributed by atoms with Crippen LogP contribution in [0.2, 0.25) is 0 Å². The summed E-state index contributed by atoms with van der Waals surface area (Å²) in [6.07, 6.45) is 5.40. The lowest BCUT2D eigenvalue weighted by Gasteiger charge is -2.01. The number of aromatic nitrogens is 4. The van der Waals surface area contributed by atoms with Gasteiger partial charge < -0.3 is 9.55 Å². The first kappa shape index (κ1) is 8.23. The van der Waals surface area contributed by atoms with Crippen molar-refractivity contribution in [3.05, 3.63) is 48.7 Å². The second-order valence-corrected chi connectivity index (χ2v) is 3.53. The van der Waals surface area contributed by atoms with E-state index in [1.54, 1.807) is 12.7 Å². The lowest BCUT2D eigenvalue weighted by Crippen LogP contribution is -1.95. The van der Waals surface area contributed by atoms with Crippen molar-refractivity contribution >= 4 is 10.9 Å². The molecular weight excluding hydrogens is 188 g/mol. The molecule has 0 bridgehead atoms. The smallest absolute Gasteiger partial charge is 0.119 e. The second kappa shape index (κ2) is 3.24. The van der Waals surface area contributed by atoms with Gasteiger partial charge in [0.25, 0.3) is 0 Å². The number of rotatable bonds is 2. The average molecular weight is 198 g/mol. The molecular formula is C11H10N4. The van der Waals surface area contributed by atoms with E-state index in [-0.39, 0.29) is 0 Å². The molecule has 0 fully saturated rings. The number of fused-ring (bicyclic) bond motifs is 1. The van der Waals surface area contributed by atoms with Gasteiger partial charge in [0.1, 0.15) is 12.7 Å². The number of H-pyrrole nitrogens is 1. The van der Waals surface area contributed by atoms with Crippen LogP contribution in [0.5, 0.6) is 0 Å². The van der Waals surface area contributed by atoms with Crippen molar-refractivity contribution in [3.8, 4) is 0 Å². The van der Waals surface area contributed by atoms with Crippen LogP contribution in [-0.2, 0) is 6.54 Å². The average Bonchev–Trinajstić information content (AvgIpc) is 2.87. The Morgan fingerprint density at radius 3 is 2.87 bits per heavy atom. The Morgan fingerprint density at radius 2 is 2.00 bits per heavy atom. The van der Waals surface area contributed by atoms with Crippen LogP contribution in [0, 0.1) is 0 Å². The van der Waals surface area contributed by atoms with Crippen LogP contribution in [0.15, 0.2) is 43.1 Å². The first-order valence-electron chi connectivity index (χ1n) is 4.80. The first-order chi connectivity index (χ1) is 7.42. The Bertz CT molecular complexity index is 565. The molecule has 2 heterocycles. The van der Waals surface area contributed by atoms with Crippen molar-refractivity contribution in [1.82, 2.24) is 19.7 Å². The number of hydrogen-bond acceptors (Lipinski definition) is 2. The van der Waals surface area contributed by atoms with E-state index in [9.17, 15) is 0 Å². The lowest BCUT2D eigenvalue weighted by atomic mass is 10.1. The van der Waals surface area contributed by atoms with E-state index in [0.717, 1.165) is 6.54 Å². The van der Waals surface area contributed by atoms with Crippen molar-refractivity contribution in [2.75, 3.05) is 0 Å². The highest BCUT2D eigenvalue weighted by Crippen LogP contribution is 2.14. The topological polar surface area (TPSA) is 46.5 Å². The molecule has 1 aromatic carbocycles. The minimum absolute atomic E-state index is 0.814. The Morgan fingerprint density at radius 1 is 1.13 bits per heavy atom. The lowest BCUT2D eigenvalue weighted by molar-refractivity contribution is 0.795. The number of benzene rings is 1. The summed E-state index contributed by atoms with van der Waals surface area (Å²) in [5, 5.41) is 8.79. The highest BCUT2D eigenvalue weighted by atomic mass is 15.2. The molecule has 0 aliphatic carbocycles. The van der Waals surface area contributed by atoms with Crippen LogP contribution >= 0.6 is 0 Å². The molecule has 4 nitrogen and oxygen atoms in total. The Balaban J connectivity index is 1.97. The van der Waals surface area contributed by atoms with Gasteiger partial charge in [-0.25, -0.2) is 0 Å². The predicted octanol–water partition coefficient (Wildman–Crippen LogP) is 1.81. The van der Waals surface area contributed by atoms with Crippen molar-refractivity contribution in [3.63, 3.8) is 0 Å². The maximum atomic E-state index is 3.78. The van der Waals surface area contributed by atoms with E-state index < -0.39 is 0 Å². The summed E-state index contributed by atoms with van der Waals surface area (Å²) < 4.78 is 1.95. The fourth-order valence-electron chi connectivity index (χ4n) is 1.72. The zero-order valence-electron chi connectivity index (χ0n) is 8.09. The highest BCUT2D eigenvalue weighted by Gasteiger charge is 1.98. The zero-order chi connectivity index (χ0) is 10.1. The summed E-state index contributed by atoms with van der Waals surface area (Å²) in [5.41, 5.74) is 2.42. The number of hydrogen-bond donors (Lipinski definition) is 1. The summed E-state index contributed by atoms with van der Waals surface area (Å²) in [6.45, 7) is 0.814. The van der Waals surface area contributed by atoms with Gasteiger partial charge in [-0.15, -0.1) is 10.2 Å². The Labute approximate surface area is 86.6 Å². The molecule has 0 atom stereocenters. The summed E-state index contributed by atoms with van der Waals surface area (Å²) in [4.78, 5) is 3.17. The van der Waals surface area contributed by atoms with Gasteiger partial charge in [0.15, 0.2) is 0 Å². The SMILES string of the molecule is c1cc2cc(Cn3cnnc3)ccc2[nH]1. The molecule has 0 unspecified atom stereocenters. The summed E-state index contributed by atoms with van der Waals surface area (Å²) in [6, 6.07) is 8.45. The van der Waals surface area contributed by atoms with Gasteiger partial charge in [-0.1, -0.05) is 6.07 Å². The monoisotopic (exact) mass is 198 g/mol. The molecule has 0 aliphatic heterocycles. The van der Waals surface area contributed by atoms with Gasteiger partial charge >= 0.3 is 0 Å². The number of nitrogens with one attached hydrogen (secondary N) is 1. The van der Waals surface area contributed by atoms with E-state index in [2.05, 4.69) is 39.4 Å². The molecule has 0 radical (unpaired) electrons. The second-order valence-electron chi connectivity index (χ2n) is 3.53. The summed E-state index contributed by atoms with van der Waals surface area (Å²) in [7, 11) is 0. The van der Waals surface area contributed by atoms with Crippen molar-refractivity contribution in [2.45, 2.75) is 6.54 Å². The molecule has 0 saturated carbocycles. The van der Waals surface area contributed by atoms with Gasteiger partial charge in [-0.3, -0.25) is 0 Å². The van der Waals surface area contributed by atoms with Crippen LogP contribution in [0.3, 0.4) is 0 Å². The van der Waals surface area contributed by atoms with Crippen molar-refractivity contribution in [2.24, 2.45) is 0 Å². The van der Waals surface area contributed by atoms with Crippen LogP contribution < -0.4 is 0 Å². The van der Waals surface area contributed by atoms with E-state index >= 15 is 0 Å². The highest BCUT2D eigenvalue weighted by molar-refractivity contribution is 5.79. The molecule has 3 aromatic rings. The molecule has 74 valence electrons. The van der Waals surface area contributed by atoms with Crippen LogP contribution in [0.1, 0.15) is 5.56 Å². The zero-order valence-corrected chi connectivity index (χ0v) is 8.09. The Kier molecular flexibility index (Phi) is 1.78. The molecule has 1 N–H and O–H groups in total. The minimum atomic E-state index is 0.814. The maximum Gasteiger partial charge on any atom is 0.119 e. The fourth-order valence-corrected chi connectivity index (χ4v) is 1.72. The third kappa shape index (κ3) is 1.50. The van der Waals surface area contributed by atoms with E-state index in [1.165, 1.54) is 16.5 Å². The van der Waals surface area contributed by atoms with Crippen LogP contribution in [-0.4, -0.2) is 19.7 Å². The number of nitrogens with zero attached hydrogens (tertiary/aromatic N) is 3. The van der Waals surface area contributed by atoms with Gasteiger partial charge in [0.2, 0.25) is 0 Å². The van der Waals surface area contributed by atoms with Crippen molar-refractivity contribution < 1.29 is 0 Å². The summed E-state index contributed by atoms with van der Waals surface area (Å²) in [5.74, 6) is 0. The number of aromatic amines is 1. The van der Waals surface area contributed by atoms with Crippen molar-refractivity contribution in [1.29, 1.82) is 0 Å². The minimum Gasteiger partial charge on any atom is -0.361 e. The van der Waals surface area contributed by atoms with E-state index in [4.69, 9.17) is 0 Å². The van der Waals surface area contributed by atoms with Gasteiger partial charge in [-0.05, 0) is 29.1 Å². The quantitative estimate of drug-likeness (QED) is 0.682. The molecule has 0 saturated heterocycles. The summed E-state index contributed by atoms with van der Waals surface area (Å²) >= 11 is 0. The van der Waals surface area contributed by atoms with Gasteiger partial charge in [0.05, 0.1) is 6.54 Å². The fraction of sp³-hybridized carbons (Fsp3) is 0.0909. The molecule has 4 heteroatoms. The molecule has 3 rings (SSSR count). The molecule has 15 heavy (non-hydrogen) atoms. The van der Waals surface area contributed by atoms with E-state index in [1.807, 2.05) is 10.8 Å². The molecule has 0 spiro atoms. The largest absolute Gasteiger partial charge is 0.361 e. The Hall–Kier alpha value is -2.10. The van der Waals surface area contributed by atoms with Gasteiger partial charge in [-0.2, -0.15) is 0 Å². The van der Waals surface area contributed by atoms with Crippen LogP contribution in [0.4, 0.5) is 0 Å². The molecule has 0 aliphatic rings. The first-order valence-corrected chi connectivity index (χ1v) is 4.80. The standard InChI is InChI=1S/C11H10N4/c1-2-11-10(3-4-12-11)5-9(1)6-15-7-13-14-8-15/h1-5,7-8,12H,6H2. The maximum absolute atomic E-state index is 3.78. The van der Waals surface area contributed by atoms with E-state index in [0.29, 0.717) is 0 Å². The third-order valence-electron chi connectivity index (χ3n) is 2.45. The normalized spacial score (nSPS) is 10.9. The molecule has 0 amide bonds. The third-order valence-corrected chi connectivity index (χ3v) is 2.45. The van der Waals surface area contributed by atoms with Crippen LogP contribution in [0.25, 0.3) is 10.9 Å². The predicted molar refractivity (Wildman–Crippen MR) is 57.4 cm³/mol. The van der Waals surface area contributed by atoms with Gasteiger partial charge in [0, 0.05) is 11.7 Å².